The molecule has 2 rings (SSSR count). The van der Waals surface area contributed by atoms with Gasteiger partial charge in [-0.15, -0.1) is 0 Å². The Labute approximate surface area is 97.2 Å². The normalized spacial score (nSPS) is 26.3. The zero-order valence-electron chi connectivity index (χ0n) is 10.1. The number of nitrogens with zero attached hydrogens (tertiary/aromatic N) is 2. The van der Waals surface area contributed by atoms with E-state index < -0.39 is 5.97 Å². The van der Waals surface area contributed by atoms with Crippen molar-refractivity contribution in [1.82, 2.24) is 9.80 Å². The molecule has 0 radical (unpaired) electrons. The predicted octanol–water partition coefficient (Wildman–Crippen LogP) is 0.877. The highest BCUT2D eigenvalue weighted by molar-refractivity contribution is 5.67. The van der Waals surface area contributed by atoms with Crippen LogP contribution in [0.15, 0.2) is 0 Å². The Balaban J connectivity index is 1.92. The van der Waals surface area contributed by atoms with E-state index in [4.69, 9.17) is 5.11 Å². The average molecular weight is 226 g/mol. The van der Waals surface area contributed by atoms with E-state index in [9.17, 15) is 4.79 Å². The summed E-state index contributed by atoms with van der Waals surface area (Å²) in [5.41, 5.74) is 0. The summed E-state index contributed by atoms with van der Waals surface area (Å²) in [4.78, 5) is 15.6. The van der Waals surface area contributed by atoms with Crippen LogP contribution < -0.4 is 0 Å². The van der Waals surface area contributed by atoms with E-state index in [1.165, 1.54) is 19.3 Å². The summed E-state index contributed by atoms with van der Waals surface area (Å²) in [6.45, 7) is 4.21. The van der Waals surface area contributed by atoms with Gasteiger partial charge in [-0.3, -0.25) is 9.69 Å². The fourth-order valence-electron chi connectivity index (χ4n) is 2.75. The second kappa shape index (κ2) is 5.15. The maximum absolute atomic E-state index is 10.9. The number of hydrogen-bond acceptors (Lipinski definition) is 3. The number of carbonyl (C=O) groups is 1. The minimum Gasteiger partial charge on any atom is -0.481 e. The summed E-state index contributed by atoms with van der Waals surface area (Å²) < 4.78 is 0. The lowest BCUT2D eigenvalue weighted by Crippen LogP contribution is -2.53. The van der Waals surface area contributed by atoms with E-state index in [1.807, 2.05) is 0 Å². The van der Waals surface area contributed by atoms with Crippen LogP contribution >= 0.6 is 0 Å². The number of likely N-dealkylation sites (N-methyl/N-ethyl adjacent to an activating group) is 1. The first-order valence-corrected chi connectivity index (χ1v) is 6.31. The SMILES string of the molecule is CN1CCN(C(CC(=O)O)C2CCC2)CC1. The third-order valence-corrected chi connectivity index (χ3v) is 4.08. The molecule has 0 aromatic heterocycles. The molecule has 92 valence electrons. The smallest absolute Gasteiger partial charge is 0.304 e. The van der Waals surface area contributed by atoms with Crippen LogP contribution in [0.2, 0.25) is 0 Å². The first kappa shape index (κ1) is 11.9. The van der Waals surface area contributed by atoms with Crippen molar-refractivity contribution in [3.8, 4) is 0 Å². The van der Waals surface area contributed by atoms with Gasteiger partial charge in [-0.1, -0.05) is 6.42 Å². The summed E-state index contributed by atoms with van der Waals surface area (Å²) in [6.07, 6.45) is 4.07. The maximum atomic E-state index is 10.9. The molecule has 4 nitrogen and oxygen atoms in total. The molecule has 1 saturated heterocycles. The minimum absolute atomic E-state index is 0.292. The Morgan fingerprint density at radius 1 is 1.31 bits per heavy atom. The van der Waals surface area contributed by atoms with Gasteiger partial charge in [0.15, 0.2) is 0 Å². The molecule has 1 atom stereocenters. The monoisotopic (exact) mass is 226 g/mol. The van der Waals surface area contributed by atoms with Crippen LogP contribution in [-0.2, 0) is 4.79 Å². The number of piperazine rings is 1. The summed E-state index contributed by atoms with van der Waals surface area (Å²) in [5, 5.41) is 9.00. The van der Waals surface area contributed by atoms with Gasteiger partial charge in [0.2, 0.25) is 0 Å². The van der Waals surface area contributed by atoms with E-state index in [-0.39, 0.29) is 0 Å². The van der Waals surface area contributed by atoms with Gasteiger partial charge in [-0.2, -0.15) is 0 Å². The molecule has 2 fully saturated rings. The van der Waals surface area contributed by atoms with Crippen molar-refractivity contribution in [2.75, 3.05) is 33.2 Å². The Hall–Kier alpha value is -0.610. The molecule has 4 heteroatoms. The molecule has 1 aliphatic heterocycles. The predicted molar refractivity (Wildman–Crippen MR) is 62.5 cm³/mol. The van der Waals surface area contributed by atoms with Crippen molar-refractivity contribution in [2.24, 2.45) is 5.92 Å². The van der Waals surface area contributed by atoms with Crippen LogP contribution in [0, 0.1) is 5.92 Å². The lowest BCUT2D eigenvalue weighted by atomic mass is 9.77. The number of rotatable bonds is 4. The fraction of sp³-hybridized carbons (Fsp3) is 0.917. The molecular weight excluding hydrogens is 204 g/mol. The van der Waals surface area contributed by atoms with Crippen molar-refractivity contribution in [1.29, 1.82) is 0 Å². The van der Waals surface area contributed by atoms with E-state index in [0.717, 1.165) is 26.2 Å². The topological polar surface area (TPSA) is 43.8 Å². The molecule has 0 amide bonds. The second-order valence-electron chi connectivity index (χ2n) is 5.20. The molecule has 1 N–H and O–H groups in total. The Morgan fingerprint density at radius 3 is 2.38 bits per heavy atom. The van der Waals surface area contributed by atoms with Gasteiger partial charge in [0.25, 0.3) is 0 Å². The largest absolute Gasteiger partial charge is 0.481 e. The minimum atomic E-state index is -0.643. The van der Waals surface area contributed by atoms with Crippen molar-refractivity contribution < 1.29 is 9.90 Å². The van der Waals surface area contributed by atoms with Gasteiger partial charge in [0.1, 0.15) is 0 Å². The summed E-state index contributed by atoms with van der Waals surface area (Å²) >= 11 is 0. The number of aliphatic carboxylic acids is 1. The number of hydrogen-bond donors (Lipinski definition) is 1. The zero-order chi connectivity index (χ0) is 11.5. The van der Waals surface area contributed by atoms with Gasteiger partial charge in [0.05, 0.1) is 6.42 Å². The van der Waals surface area contributed by atoms with Gasteiger partial charge in [0, 0.05) is 32.2 Å². The molecule has 16 heavy (non-hydrogen) atoms. The molecule has 1 unspecified atom stereocenters. The van der Waals surface area contributed by atoms with Crippen LogP contribution in [0.25, 0.3) is 0 Å². The second-order valence-corrected chi connectivity index (χ2v) is 5.20. The lowest BCUT2D eigenvalue weighted by Gasteiger charge is -2.43. The van der Waals surface area contributed by atoms with E-state index in [1.54, 1.807) is 0 Å². The zero-order valence-corrected chi connectivity index (χ0v) is 10.1. The van der Waals surface area contributed by atoms with Gasteiger partial charge < -0.3 is 10.0 Å². The molecular formula is C12H22N2O2. The highest BCUT2D eigenvalue weighted by Crippen LogP contribution is 2.34. The highest BCUT2D eigenvalue weighted by atomic mass is 16.4. The molecule has 1 saturated carbocycles. The molecule has 1 aliphatic carbocycles. The highest BCUT2D eigenvalue weighted by Gasteiger charge is 2.34. The number of carboxylic acid groups (broad SMARTS) is 1. The average Bonchev–Trinajstić information content (AvgIpc) is 2.14. The first-order chi connectivity index (χ1) is 7.66. The third kappa shape index (κ3) is 2.74. The molecule has 0 spiro atoms. The molecule has 1 heterocycles. The first-order valence-electron chi connectivity index (χ1n) is 6.31. The van der Waals surface area contributed by atoms with Gasteiger partial charge in [-0.25, -0.2) is 0 Å². The Bertz CT molecular complexity index is 245. The van der Waals surface area contributed by atoms with Crippen molar-refractivity contribution in [3.63, 3.8) is 0 Å². The van der Waals surface area contributed by atoms with Gasteiger partial charge >= 0.3 is 5.97 Å². The van der Waals surface area contributed by atoms with E-state index in [2.05, 4.69) is 16.8 Å². The summed E-state index contributed by atoms with van der Waals surface area (Å²) in [5.74, 6) is -0.00432. The van der Waals surface area contributed by atoms with E-state index >= 15 is 0 Å². The standard InChI is InChI=1S/C12H22N2O2/c1-13-5-7-14(8-6-13)11(9-12(15)16)10-3-2-4-10/h10-11H,2-9H2,1H3,(H,15,16). The Morgan fingerprint density at radius 2 is 1.94 bits per heavy atom. The molecule has 0 bridgehead atoms. The third-order valence-electron chi connectivity index (χ3n) is 4.08. The lowest BCUT2D eigenvalue weighted by molar-refractivity contribution is -0.139. The maximum Gasteiger partial charge on any atom is 0.304 e. The summed E-state index contributed by atoms with van der Waals surface area (Å²) in [6, 6.07) is 0.292. The van der Waals surface area contributed by atoms with Crippen LogP contribution in [0.5, 0.6) is 0 Å². The molecule has 0 aromatic rings. The van der Waals surface area contributed by atoms with Crippen LogP contribution in [-0.4, -0.2) is 60.1 Å². The summed E-state index contributed by atoms with van der Waals surface area (Å²) in [7, 11) is 2.13. The van der Waals surface area contributed by atoms with Crippen LogP contribution in [0.3, 0.4) is 0 Å². The quantitative estimate of drug-likeness (QED) is 0.773. The fourth-order valence-corrected chi connectivity index (χ4v) is 2.75. The van der Waals surface area contributed by atoms with Gasteiger partial charge in [-0.05, 0) is 25.8 Å². The molecule has 0 aromatic carbocycles. The van der Waals surface area contributed by atoms with Crippen molar-refractivity contribution in [2.45, 2.75) is 31.7 Å². The number of carboxylic acids is 1. The molecule has 2 aliphatic rings. The van der Waals surface area contributed by atoms with E-state index in [0.29, 0.717) is 18.4 Å². The van der Waals surface area contributed by atoms with Crippen LogP contribution in [0.4, 0.5) is 0 Å². The van der Waals surface area contributed by atoms with Crippen molar-refractivity contribution >= 4 is 5.97 Å². The Kier molecular flexibility index (Phi) is 3.82. The van der Waals surface area contributed by atoms with Crippen LogP contribution in [0.1, 0.15) is 25.7 Å². The van der Waals surface area contributed by atoms with Crippen molar-refractivity contribution in [3.05, 3.63) is 0 Å².